The van der Waals surface area contributed by atoms with Gasteiger partial charge in [0.1, 0.15) is 8.07 Å². The maximum Gasteiger partial charge on any atom is 0.113 e. The SMILES string of the molecule is C[Si](C)(C)c1cnc(-c2ccc3c(c2)-c2ccccc2[Si]3(C)C)cc1CC1CCCC1. The van der Waals surface area contributed by atoms with Crippen LogP contribution in [-0.2, 0) is 6.42 Å². The number of hydrogen-bond donors (Lipinski definition) is 0. The molecule has 1 saturated carbocycles. The van der Waals surface area contributed by atoms with Crippen LogP contribution in [0.1, 0.15) is 31.2 Å². The Balaban J connectivity index is 1.59. The summed E-state index contributed by atoms with van der Waals surface area (Å²) in [6, 6.07) is 18.6. The van der Waals surface area contributed by atoms with Crippen molar-refractivity contribution in [3.63, 3.8) is 0 Å². The first-order valence-electron chi connectivity index (χ1n) is 12.0. The van der Waals surface area contributed by atoms with Crippen LogP contribution in [0.3, 0.4) is 0 Å². The molecule has 3 aromatic rings. The molecular formula is C28H35NSi2. The first-order chi connectivity index (χ1) is 14.7. The smallest absolute Gasteiger partial charge is 0.113 e. The van der Waals surface area contributed by atoms with Crippen molar-refractivity contribution < 1.29 is 0 Å². The van der Waals surface area contributed by atoms with Gasteiger partial charge in [0.25, 0.3) is 0 Å². The van der Waals surface area contributed by atoms with E-state index in [2.05, 4.69) is 87.5 Å². The Bertz CT molecular complexity index is 1130. The fourth-order valence-corrected chi connectivity index (χ4v) is 10.6. The average Bonchev–Trinajstić information content (AvgIpc) is 3.32. The van der Waals surface area contributed by atoms with Gasteiger partial charge in [-0.05, 0) is 56.7 Å². The van der Waals surface area contributed by atoms with E-state index in [9.17, 15) is 0 Å². The Hall–Kier alpha value is -1.98. The lowest BCUT2D eigenvalue weighted by molar-refractivity contribution is 0.547. The monoisotopic (exact) mass is 441 g/mol. The van der Waals surface area contributed by atoms with Crippen molar-refractivity contribution in [1.82, 2.24) is 4.98 Å². The molecule has 1 nitrogen and oxygen atoms in total. The molecule has 2 aliphatic rings. The van der Waals surface area contributed by atoms with Gasteiger partial charge in [-0.25, -0.2) is 0 Å². The molecule has 0 atom stereocenters. The van der Waals surface area contributed by atoms with Crippen molar-refractivity contribution in [2.75, 3.05) is 0 Å². The van der Waals surface area contributed by atoms with Crippen LogP contribution >= 0.6 is 0 Å². The summed E-state index contributed by atoms with van der Waals surface area (Å²) in [7, 11) is -3.00. The van der Waals surface area contributed by atoms with Crippen molar-refractivity contribution in [2.45, 2.75) is 64.8 Å². The molecule has 0 bridgehead atoms. The van der Waals surface area contributed by atoms with Gasteiger partial charge in [0, 0.05) is 11.8 Å². The lowest BCUT2D eigenvalue weighted by Crippen LogP contribution is -2.49. The number of aromatic nitrogens is 1. The van der Waals surface area contributed by atoms with Gasteiger partial charge in [-0.2, -0.15) is 0 Å². The maximum atomic E-state index is 5.01. The quantitative estimate of drug-likeness (QED) is 0.464. The van der Waals surface area contributed by atoms with Crippen molar-refractivity contribution >= 4 is 31.7 Å². The third-order valence-electron chi connectivity index (χ3n) is 7.66. The van der Waals surface area contributed by atoms with E-state index in [-0.39, 0.29) is 0 Å². The summed E-state index contributed by atoms with van der Waals surface area (Å²) in [5.74, 6) is 0.865. The maximum absolute atomic E-state index is 5.01. The number of fused-ring (bicyclic) bond motifs is 3. The molecule has 0 N–H and O–H groups in total. The van der Waals surface area contributed by atoms with Gasteiger partial charge in [-0.1, -0.05) is 94.8 Å². The molecule has 1 aliphatic heterocycles. The normalized spacial score (nSPS) is 17.6. The van der Waals surface area contributed by atoms with E-state index in [0.717, 1.165) is 11.6 Å². The Morgan fingerprint density at radius 1 is 0.903 bits per heavy atom. The molecule has 1 aliphatic carbocycles. The topological polar surface area (TPSA) is 12.9 Å². The van der Waals surface area contributed by atoms with E-state index >= 15 is 0 Å². The summed E-state index contributed by atoms with van der Waals surface area (Å²) < 4.78 is 0. The summed E-state index contributed by atoms with van der Waals surface area (Å²) in [6.45, 7) is 12.3. The van der Waals surface area contributed by atoms with E-state index in [1.807, 2.05) is 0 Å². The minimum absolute atomic E-state index is 0.865. The zero-order chi connectivity index (χ0) is 21.8. The lowest BCUT2D eigenvalue weighted by Gasteiger charge is -2.23. The molecular weight excluding hydrogens is 406 g/mol. The van der Waals surface area contributed by atoms with Crippen LogP contribution in [0.4, 0.5) is 0 Å². The number of pyridine rings is 1. The highest BCUT2D eigenvalue weighted by Crippen LogP contribution is 2.33. The van der Waals surface area contributed by atoms with Crippen LogP contribution in [0.5, 0.6) is 0 Å². The van der Waals surface area contributed by atoms with Gasteiger partial charge < -0.3 is 0 Å². The molecule has 2 heterocycles. The highest BCUT2D eigenvalue weighted by molar-refractivity contribution is 7.03. The standard InChI is InChI=1S/C28H35NSi2/c1-30(2,3)28-19-29-25(18-22(28)16-20-10-6-7-11-20)21-14-15-27-24(17-21)23-12-8-9-13-26(23)31(27,4)5/h8-9,12-15,17-20H,6-7,10-11,16H2,1-5H3. The minimum atomic E-state index is -1.59. The summed E-state index contributed by atoms with van der Waals surface area (Å²) in [6.07, 6.45) is 9.09. The van der Waals surface area contributed by atoms with E-state index in [4.69, 9.17) is 4.98 Å². The van der Waals surface area contributed by atoms with Crippen LogP contribution in [0.2, 0.25) is 32.7 Å². The van der Waals surface area contributed by atoms with Gasteiger partial charge in [-0.3, -0.25) is 4.98 Å². The molecule has 3 heteroatoms. The van der Waals surface area contributed by atoms with E-state index in [0.29, 0.717) is 0 Å². The number of hydrogen-bond acceptors (Lipinski definition) is 1. The van der Waals surface area contributed by atoms with Crippen LogP contribution in [0, 0.1) is 5.92 Å². The summed E-state index contributed by atoms with van der Waals surface area (Å²) in [4.78, 5) is 5.01. The number of benzene rings is 2. The van der Waals surface area contributed by atoms with Gasteiger partial charge in [0.05, 0.1) is 13.8 Å². The van der Waals surface area contributed by atoms with Crippen molar-refractivity contribution in [1.29, 1.82) is 0 Å². The summed E-state index contributed by atoms with van der Waals surface area (Å²) in [5, 5.41) is 4.71. The lowest BCUT2D eigenvalue weighted by atomic mass is 9.96. The highest BCUT2D eigenvalue weighted by atomic mass is 28.3. The zero-order valence-electron chi connectivity index (χ0n) is 19.8. The van der Waals surface area contributed by atoms with E-state index in [1.165, 1.54) is 48.8 Å². The molecule has 5 rings (SSSR count). The van der Waals surface area contributed by atoms with Crippen LogP contribution in [-0.4, -0.2) is 21.1 Å². The van der Waals surface area contributed by atoms with Gasteiger partial charge in [0.15, 0.2) is 0 Å². The second-order valence-corrected chi connectivity index (χ2v) is 20.6. The number of rotatable bonds is 4. The Kier molecular flexibility index (Phi) is 5.10. The fraction of sp³-hybridized carbons (Fsp3) is 0.393. The van der Waals surface area contributed by atoms with Gasteiger partial charge >= 0.3 is 0 Å². The van der Waals surface area contributed by atoms with Crippen molar-refractivity contribution in [3.8, 4) is 22.4 Å². The Labute approximate surface area is 190 Å². The first-order valence-corrected chi connectivity index (χ1v) is 18.5. The predicted octanol–water partition coefficient (Wildman–Crippen LogP) is 5.83. The molecule has 0 saturated heterocycles. The van der Waals surface area contributed by atoms with Crippen LogP contribution in [0.25, 0.3) is 22.4 Å². The first kappa shape index (κ1) is 20.9. The van der Waals surface area contributed by atoms with E-state index in [1.54, 1.807) is 21.1 Å². The van der Waals surface area contributed by atoms with Crippen molar-refractivity contribution in [2.24, 2.45) is 5.92 Å². The average molecular weight is 442 g/mol. The molecule has 31 heavy (non-hydrogen) atoms. The molecule has 0 amide bonds. The van der Waals surface area contributed by atoms with Gasteiger partial charge in [-0.15, -0.1) is 0 Å². The minimum Gasteiger partial charge on any atom is -0.256 e. The largest absolute Gasteiger partial charge is 0.256 e. The zero-order valence-corrected chi connectivity index (χ0v) is 21.8. The second-order valence-electron chi connectivity index (χ2n) is 11.3. The molecule has 0 unspecified atom stereocenters. The summed E-state index contributed by atoms with van der Waals surface area (Å²) >= 11 is 0. The van der Waals surface area contributed by atoms with Gasteiger partial charge in [0.2, 0.25) is 0 Å². The Morgan fingerprint density at radius 2 is 1.61 bits per heavy atom. The molecule has 1 fully saturated rings. The molecule has 1 aromatic heterocycles. The predicted molar refractivity (Wildman–Crippen MR) is 141 cm³/mol. The molecule has 2 aromatic carbocycles. The third-order valence-corrected chi connectivity index (χ3v) is 13.3. The van der Waals surface area contributed by atoms with Crippen LogP contribution in [0.15, 0.2) is 54.7 Å². The molecule has 160 valence electrons. The number of nitrogens with zero attached hydrogens (tertiary/aromatic N) is 1. The highest BCUT2D eigenvalue weighted by Gasteiger charge is 2.37. The molecule has 0 spiro atoms. The third kappa shape index (κ3) is 3.66. The molecule has 0 radical (unpaired) electrons. The Morgan fingerprint density at radius 3 is 2.35 bits per heavy atom. The second kappa shape index (κ2) is 7.56. The van der Waals surface area contributed by atoms with Crippen LogP contribution < -0.4 is 15.6 Å². The fourth-order valence-electron chi connectivity index (χ4n) is 5.90. The van der Waals surface area contributed by atoms with Crippen molar-refractivity contribution in [3.05, 3.63) is 60.3 Å². The summed E-state index contributed by atoms with van der Waals surface area (Å²) in [5.41, 5.74) is 6.89. The van der Waals surface area contributed by atoms with E-state index < -0.39 is 16.1 Å².